The van der Waals surface area contributed by atoms with Crippen molar-refractivity contribution in [2.75, 3.05) is 6.54 Å². The van der Waals surface area contributed by atoms with Crippen LogP contribution in [0.15, 0.2) is 22.7 Å². The van der Waals surface area contributed by atoms with Crippen molar-refractivity contribution in [2.45, 2.75) is 32.4 Å². The molecule has 0 saturated heterocycles. The minimum absolute atomic E-state index is 0.0709. The van der Waals surface area contributed by atoms with E-state index < -0.39 is 6.10 Å². The Morgan fingerprint density at radius 1 is 1.44 bits per heavy atom. The first-order valence-electron chi connectivity index (χ1n) is 5.40. The minimum atomic E-state index is -0.397. The molecule has 1 rings (SSSR count). The SMILES string of the molecule is CCC(NC[C@H](C)O)c1cc(F)cc(Br)c1. The third-order valence-electron chi connectivity index (χ3n) is 2.36. The van der Waals surface area contributed by atoms with Gasteiger partial charge in [-0.15, -0.1) is 0 Å². The van der Waals surface area contributed by atoms with E-state index in [1.807, 2.05) is 13.0 Å². The van der Waals surface area contributed by atoms with Gasteiger partial charge in [-0.2, -0.15) is 0 Å². The van der Waals surface area contributed by atoms with Crippen LogP contribution in [0.4, 0.5) is 4.39 Å². The highest BCUT2D eigenvalue weighted by molar-refractivity contribution is 9.10. The third kappa shape index (κ3) is 4.20. The van der Waals surface area contributed by atoms with E-state index in [2.05, 4.69) is 21.2 Å². The van der Waals surface area contributed by atoms with Crippen LogP contribution in [0.2, 0.25) is 0 Å². The van der Waals surface area contributed by atoms with Gasteiger partial charge in [0.05, 0.1) is 6.10 Å². The molecule has 0 spiro atoms. The molecular weight excluding hydrogens is 273 g/mol. The van der Waals surface area contributed by atoms with Gasteiger partial charge in [-0.3, -0.25) is 0 Å². The molecular formula is C12H17BrFNO. The van der Waals surface area contributed by atoms with Gasteiger partial charge in [0.1, 0.15) is 5.82 Å². The Hall–Kier alpha value is -0.450. The van der Waals surface area contributed by atoms with Gasteiger partial charge in [0.2, 0.25) is 0 Å². The van der Waals surface area contributed by atoms with E-state index in [4.69, 9.17) is 0 Å². The topological polar surface area (TPSA) is 32.3 Å². The molecule has 0 heterocycles. The molecule has 16 heavy (non-hydrogen) atoms. The molecule has 2 N–H and O–H groups in total. The lowest BCUT2D eigenvalue weighted by Crippen LogP contribution is -2.28. The smallest absolute Gasteiger partial charge is 0.124 e. The fourth-order valence-electron chi connectivity index (χ4n) is 1.59. The van der Waals surface area contributed by atoms with E-state index in [1.165, 1.54) is 12.1 Å². The van der Waals surface area contributed by atoms with Crippen LogP contribution < -0.4 is 5.32 Å². The Labute approximate surface area is 104 Å². The van der Waals surface area contributed by atoms with Gasteiger partial charge in [-0.25, -0.2) is 4.39 Å². The minimum Gasteiger partial charge on any atom is -0.392 e. The van der Waals surface area contributed by atoms with E-state index in [9.17, 15) is 9.50 Å². The second kappa shape index (κ2) is 6.33. The van der Waals surface area contributed by atoms with E-state index in [0.29, 0.717) is 6.54 Å². The molecule has 0 bridgehead atoms. The molecule has 0 aliphatic carbocycles. The van der Waals surface area contributed by atoms with E-state index in [-0.39, 0.29) is 11.9 Å². The lowest BCUT2D eigenvalue weighted by Gasteiger charge is -2.18. The summed E-state index contributed by atoms with van der Waals surface area (Å²) in [5, 5.41) is 12.4. The van der Waals surface area contributed by atoms with E-state index >= 15 is 0 Å². The Balaban J connectivity index is 2.78. The van der Waals surface area contributed by atoms with Gasteiger partial charge in [0.15, 0.2) is 0 Å². The Bertz CT molecular complexity index is 324. The molecule has 0 fully saturated rings. The zero-order valence-electron chi connectivity index (χ0n) is 9.50. The molecule has 0 radical (unpaired) electrons. The van der Waals surface area contributed by atoms with Gasteiger partial charge in [-0.1, -0.05) is 22.9 Å². The summed E-state index contributed by atoms with van der Waals surface area (Å²) in [6.45, 7) is 4.26. The third-order valence-corrected chi connectivity index (χ3v) is 2.81. The first-order valence-corrected chi connectivity index (χ1v) is 6.19. The summed E-state index contributed by atoms with van der Waals surface area (Å²) in [6.07, 6.45) is 0.453. The monoisotopic (exact) mass is 289 g/mol. The summed E-state index contributed by atoms with van der Waals surface area (Å²) in [5.41, 5.74) is 0.898. The van der Waals surface area contributed by atoms with Crippen molar-refractivity contribution in [3.8, 4) is 0 Å². The van der Waals surface area contributed by atoms with Crippen molar-refractivity contribution in [2.24, 2.45) is 0 Å². The molecule has 0 aliphatic heterocycles. The van der Waals surface area contributed by atoms with E-state index in [0.717, 1.165) is 16.5 Å². The van der Waals surface area contributed by atoms with Crippen LogP contribution in [0.5, 0.6) is 0 Å². The maximum absolute atomic E-state index is 13.2. The molecule has 0 saturated carbocycles. The first-order chi connectivity index (χ1) is 7.52. The van der Waals surface area contributed by atoms with Gasteiger partial charge in [-0.05, 0) is 37.1 Å². The summed E-state index contributed by atoms with van der Waals surface area (Å²) in [6, 6.07) is 4.92. The Kier molecular flexibility index (Phi) is 5.38. The molecule has 0 aromatic heterocycles. The average molecular weight is 290 g/mol. The van der Waals surface area contributed by atoms with Crippen molar-refractivity contribution < 1.29 is 9.50 Å². The van der Waals surface area contributed by atoms with Crippen LogP contribution in [0.1, 0.15) is 31.9 Å². The fraction of sp³-hybridized carbons (Fsp3) is 0.500. The van der Waals surface area contributed by atoms with Gasteiger partial charge >= 0.3 is 0 Å². The number of halogens is 2. The predicted molar refractivity (Wildman–Crippen MR) is 66.8 cm³/mol. The number of rotatable bonds is 5. The second-order valence-electron chi connectivity index (χ2n) is 3.92. The fourth-order valence-corrected chi connectivity index (χ4v) is 2.07. The first kappa shape index (κ1) is 13.6. The highest BCUT2D eigenvalue weighted by atomic mass is 79.9. The average Bonchev–Trinajstić information content (AvgIpc) is 2.16. The molecule has 90 valence electrons. The summed E-state index contributed by atoms with van der Waals surface area (Å²) in [4.78, 5) is 0. The number of hydrogen-bond donors (Lipinski definition) is 2. The largest absolute Gasteiger partial charge is 0.392 e. The van der Waals surface area contributed by atoms with Crippen LogP contribution >= 0.6 is 15.9 Å². The molecule has 2 atom stereocenters. The molecule has 1 aromatic carbocycles. The highest BCUT2D eigenvalue weighted by Crippen LogP contribution is 2.22. The number of hydrogen-bond acceptors (Lipinski definition) is 2. The van der Waals surface area contributed by atoms with Crippen LogP contribution in [0, 0.1) is 5.82 Å². The summed E-state index contributed by atoms with van der Waals surface area (Å²) < 4.78 is 14.0. The molecule has 2 nitrogen and oxygen atoms in total. The number of aliphatic hydroxyl groups is 1. The standard InChI is InChI=1S/C12H17BrFNO/c1-3-12(15-7-8(2)16)9-4-10(13)6-11(14)5-9/h4-6,8,12,15-16H,3,7H2,1-2H3/t8-,12?/m0/s1. The lowest BCUT2D eigenvalue weighted by atomic mass is 10.0. The number of nitrogens with one attached hydrogen (secondary N) is 1. The quantitative estimate of drug-likeness (QED) is 0.873. The molecule has 0 amide bonds. The second-order valence-corrected chi connectivity index (χ2v) is 4.84. The van der Waals surface area contributed by atoms with Crippen LogP contribution in [0.3, 0.4) is 0 Å². The summed E-state index contributed by atoms with van der Waals surface area (Å²) >= 11 is 3.27. The predicted octanol–water partition coefficient (Wildman–Crippen LogP) is 3.01. The van der Waals surface area contributed by atoms with Crippen LogP contribution in [-0.4, -0.2) is 17.8 Å². The van der Waals surface area contributed by atoms with Crippen molar-refractivity contribution in [1.29, 1.82) is 0 Å². The van der Waals surface area contributed by atoms with Crippen LogP contribution in [0.25, 0.3) is 0 Å². The van der Waals surface area contributed by atoms with Crippen molar-refractivity contribution in [3.63, 3.8) is 0 Å². The lowest BCUT2D eigenvalue weighted by molar-refractivity contribution is 0.185. The summed E-state index contributed by atoms with van der Waals surface area (Å²) in [7, 11) is 0. The Morgan fingerprint density at radius 2 is 2.12 bits per heavy atom. The normalized spacial score (nSPS) is 14.8. The zero-order chi connectivity index (χ0) is 12.1. The van der Waals surface area contributed by atoms with Crippen molar-refractivity contribution in [3.05, 3.63) is 34.1 Å². The van der Waals surface area contributed by atoms with Gasteiger partial charge < -0.3 is 10.4 Å². The molecule has 0 aliphatic rings. The number of benzene rings is 1. The van der Waals surface area contributed by atoms with Gasteiger partial charge in [0.25, 0.3) is 0 Å². The van der Waals surface area contributed by atoms with E-state index in [1.54, 1.807) is 6.92 Å². The van der Waals surface area contributed by atoms with Crippen molar-refractivity contribution in [1.82, 2.24) is 5.32 Å². The van der Waals surface area contributed by atoms with Crippen molar-refractivity contribution >= 4 is 15.9 Å². The zero-order valence-corrected chi connectivity index (χ0v) is 11.1. The highest BCUT2D eigenvalue weighted by Gasteiger charge is 2.11. The molecule has 4 heteroatoms. The molecule has 1 aromatic rings. The maximum atomic E-state index is 13.2. The number of aliphatic hydroxyl groups excluding tert-OH is 1. The van der Waals surface area contributed by atoms with Gasteiger partial charge in [0, 0.05) is 17.1 Å². The maximum Gasteiger partial charge on any atom is 0.124 e. The Morgan fingerprint density at radius 3 is 2.62 bits per heavy atom. The summed E-state index contributed by atoms with van der Waals surface area (Å²) in [5.74, 6) is -0.248. The van der Waals surface area contributed by atoms with Crippen LogP contribution in [-0.2, 0) is 0 Å². The molecule has 1 unspecified atom stereocenters.